The smallest absolute Gasteiger partial charge is 0.203 e. The Hall–Kier alpha value is -2.64. The Morgan fingerprint density at radius 1 is 0.852 bits per heavy atom. The van der Waals surface area contributed by atoms with Crippen molar-refractivity contribution in [2.24, 2.45) is 0 Å². The summed E-state index contributed by atoms with van der Waals surface area (Å²) in [5.41, 5.74) is 8.41. The van der Waals surface area contributed by atoms with Gasteiger partial charge in [0.15, 0.2) is 16.6 Å². The second-order valence-electron chi connectivity index (χ2n) is 5.49. The number of halogens is 1. The van der Waals surface area contributed by atoms with Gasteiger partial charge in [0.25, 0.3) is 0 Å². The average molecular weight is 407 g/mol. The Morgan fingerprint density at radius 3 is 2.00 bits per heavy atom. The van der Waals surface area contributed by atoms with Crippen LogP contribution >= 0.6 is 22.9 Å². The van der Waals surface area contributed by atoms with Crippen LogP contribution in [0.2, 0.25) is 5.02 Å². The Labute approximate surface area is 166 Å². The van der Waals surface area contributed by atoms with Gasteiger partial charge in [0.1, 0.15) is 5.75 Å². The monoisotopic (exact) mass is 406 g/mol. The van der Waals surface area contributed by atoms with E-state index in [1.54, 1.807) is 40.6 Å². The van der Waals surface area contributed by atoms with E-state index in [-0.39, 0.29) is 0 Å². The molecule has 1 aromatic heterocycles. The molecule has 0 spiro atoms. The van der Waals surface area contributed by atoms with Crippen molar-refractivity contribution >= 4 is 28.1 Å². The molecule has 27 heavy (non-hydrogen) atoms. The SMILES string of the molecule is COc1ccc(-c2nc(N)sc2-c2cc(OC)c(OC)c(OC)c2)cc1Cl. The van der Waals surface area contributed by atoms with Gasteiger partial charge in [-0.05, 0) is 30.3 Å². The van der Waals surface area contributed by atoms with E-state index in [9.17, 15) is 0 Å². The van der Waals surface area contributed by atoms with Crippen molar-refractivity contribution in [3.05, 3.63) is 35.4 Å². The summed E-state index contributed by atoms with van der Waals surface area (Å²) in [6.45, 7) is 0. The number of ether oxygens (including phenoxy) is 4. The Kier molecular flexibility index (Phi) is 5.62. The van der Waals surface area contributed by atoms with Crippen molar-refractivity contribution < 1.29 is 18.9 Å². The quantitative estimate of drug-likeness (QED) is 0.636. The molecule has 0 aliphatic carbocycles. The summed E-state index contributed by atoms with van der Waals surface area (Å²) in [6.07, 6.45) is 0. The molecule has 0 saturated heterocycles. The van der Waals surface area contributed by atoms with E-state index in [0.29, 0.717) is 33.2 Å². The number of benzene rings is 2. The first-order valence-corrected chi connectivity index (χ1v) is 9.12. The zero-order chi connectivity index (χ0) is 19.6. The van der Waals surface area contributed by atoms with Crippen LogP contribution in [0.1, 0.15) is 0 Å². The molecule has 1 heterocycles. The molecule has 0 saturated carbocycles. The first-order chi connectivity index (χ1) is 13.0. The predicted molar refractivity (Wildman–Crippen MR) is 109 cm³/mol. The number of anilines is 1. The fourth-order valence-corrected chi connectivity index (χ4v) is 3.85. The van der Waals surface area contributed by atoms with Crippen molar-refractivity contribution in [1.29, 1.82) is 0 Å². The van der Waals surface area contributed by atoms with Gasteiger partial charge in [-0.25, -0.2) is 4.98 Å². The van der Waals surface area contributed by atoms with Crippen molar-refractivity contribution in [2.75, 3.05) is 34.2 Å². The van der Waals surface area contributed by atoms with E-state index in [1.165, 1.54) is 11.3 Å². The normalized spacial score (nSPS) is 10.6. The fourth-order valence-electron chi connectivity index (χ4n) is 2.75. The Balaban J connectivity index is 2.18. The summed E-state index contributed by atoms with van der Waals surface area (Å²) in [6, 6.07) is 9.22. The first kappa shape index (κ1) is 19.1. The first-order valence-electron chi connectivity index (χ1n) is 7.93. The van der Waals surface area contributed by atoms with Gasteiger partial charge in [-0.1, -0.05) is 22.9 Å². The van der Waals surface area contributed by atoms with Crippen LogP contribution in [0.25, 0.3) is 21.7 Å². The summed E-state index contributed by atoms with van der Waals surface area (Å²) in [7, 11) is 6.29. The lowest BCUT2D eigenvalue weighted by atomic mass is 10.1. The highest BCUT2D eigenvalue weighted by molar-refractivity contribution is 7.19. The van der Waals surface area contributed by atoms with E-state index < -0.39 is 0 Å². The molecular formula is C19H19ClN2O4S. The van der Waals surface area contributed by atoms with Gasteiger partial charge < -0.3 is 24.7 Å². The molecule has 2 N–H and O–H groups in total. The van der Waals surface area contributed by atoms with E-state index in [1.807, 2.05) is 18.2 Å². The Morgan fingerprint density at radius 2 is 1.48 bits per heavy atom. The zero-order valence-corrected chi connectivity index (χ0v) is 16.9. The molecule has 8 heteroatoms. The van der Waals surface area contributed by atoms with E-state index in [0.717, 1.165) is 21.7 Å². The van der Waals surface area contributed by atoms with Gasteiger partial charge in [0, 0.05) is 11.1 Å². The second kappa shape index (κ2) is 7.94. The third kappa shape index (κ3) is 3.61. The van der Waals surface area contributed by atoms with Crippen molar-refractivity contribution in [3.8, 4) is 44.7 Å². The number of nitrogen functional groups attached to an aromatic ring is 1. The minimum absolute atomic E-state index is 0.445. The number of nitrogens with two attached hydrogens (primary N) is 1. The number of thiazole rings is 1. The molecule has 0 aliphatic heterocycles. The molecule has 0 fully saturated rings. The lowest BCUT2D eigenvalue weighted by Crippen LogP contribution is -1.95. The van der Waals surface area contributed by atoms with Crippen LogP contribution < -0.4 is 24.7 Å². The van der Waals surface area contributed by atoms with Gasteiger partial charge in [0.05, 0.1) is 44.0 Å². The number of aromatic nitrogens is 1. The van der Waals surface area contributed by atoms with Crippen molar-refractivity contribution in [2.45, 2.75) is 0 Å². The highest BCUT2D eigenvalue weighted by Gasteiger charge is 2.20. The third-order valence-corrected chi connectivity index (χ3v) is 5.22. The summed E-state index contributed by atoms with van der Waals surface area (Å²) < 4.78 is 21.5. The highest BCUT2D eigenvalue weighted by atomic mass is 35.5. The molecule has 0 aliphatic rings. The van der Waals surface area contributed by atoms with Crippen LogP contribution in [0, 0.1) is 0 Å². The van der Waals surface area contributed by atoms with Crippen LogP contribution in [0.5, 0.6) is 23.0 Å². The standard InChI is InChI=1S/C19H19ClN2O4S/c1-23-13-6-5-10(7-12(13)20)16-18(27-19(21)22-16)11-8-14(24-2)17(26-4)15(9-11)25-3/h5-9H,1-4H3,(H2,21,22). The van der Waals surface area contributed by atoms with Gasteiger partial charge in [-0.2, -0.15) is 0 Å². The van der Waals surface area contributed by atoms with Gasteiger partial charge in [0.2, 0.25) is 5.75 Å². The molecule has 6 nitrogen and oxygen atoms in total. The molecule has 0 unspecified atom stereocenters. The van der Waals surface area contributed by atoms with E-state index in [2.05, 4.69) is 4.98 Å². The van der Waals surface area contributed by atoms with E-state index >= 15 is 0 Å². The largest absolute Gasteiger partial charge is 0.495 e. The third-order valence-electron chi connectivity index (χ3n) is 4.00. The highest BCUT2D eigenvalue weighted by Crippen LogP contribution is 2.46. The molecule has 0 atom stereocenters. The topological polar surface area (TPSA) is 75.8 Å². The fraction of sp³-hybridized carbons (Fsp3) is 0.211. The summed E-state index contributed by atoms with van der Waals surface area (Å²) in [4.78, 5) is 5.36. The van der Waals surface area contributed by atoms with Crippen LogP contribution in [0.15, 0.2) is 30.3 Å². The molecule has 3 rings (SSSR count). The van der Waals surface area contributed by atoms with Crippen molar-refractivity contribution in [1.82, 2.24) is 4.98 Å². The zero-order valence-electron chi connectivity index (χ0n) is 15.3. The van der Waals surface area contributed by atoms with Crippen LogP contribution in [-0.2, 0) is 0 Å². The van der Waals surface area contributed by atoms with Crippen LogP contribution in [0.3, 0.4) is 0 Å². The maximum Gasteiger partial charge on any atom is 0.203 e. The number of nitrogens with zero attached hydrogens (tertiary/aromatic N) is 1. The maximum absolute atomic E-state index is 6.28. The molecule has 0 amide bonds. The second-order valence-corrected chi connectivity index (χ2v) is 6.93. The average Bonchev–Trinajstić information content (AvgIpc) is 3.08. The van der Waals surface area contributed by atoms with Gasteiger partial charge >= 0.3 is 0 Å². The summed E-state index contributed by atoms with van der Waals surface area (Å²) in [5, 5.41) is 0.943. The molecule has 142 valence electrons. The molecule has 2 aromatic carbocycles. The molecule has 0 bridgehead atoms. The van der Waals surface area contributed by atoms with Crippen LogP contribution in [0.4, 0.5) is 5.13 Å². The van der Waals surface area contributed by atoms with Gasteiger partial charge in [-0.15, -0.1) is 0 Å². The minimum atomic E-state index is 0.445. The van der Waals surface area contributed by atoms with Crippen molar-refractivity contribution in [3.63, 3.8) is 0 Å². The predicted octanol–water partition coefficient (Wildman–Crippen LogP) is 4.75. The summed E-state index contributed by atoms with van der Waals surface area (Å²) in [5.74, 6) is 2.23. The van der Waals surface area contributed by atoms with Gasteiger partial charge in [-0.3, -0.25) is 0 Å². The molecular weight excluding hydrogens is 388 g/mol. The lowest BCUT2D eigenvalue weighted by molar-refractivity contribution is 0.324. The molecule has 0 radical (unpaired) electrons. The molecule has 3 aromatic rings. The van der Waals surface area contributed by atoms with E-state index in [4.69, 9.17) is 36.3 Å². The van der Waals surface area contributed by atoms with Crippen LogP contribution in [-0.4, -0.2) is 33.4 Å². The maximum atomic E-state index is 6.28. The Bertz CT molecular complexity index is 949. The number of hydrogen-bond donors (Lipinski definition) is 1. The number of hydrogen-bond acceptors (Lipinski definition) is 7. The number of methoxy groups -OCH3 is 4. The minimum Gasteiger partial charge on any atom is -0.495 e. The number of rotatable bonds is 6. The summed E-state index contributed by atoms with van der Waals surface area (Å²) >= 11 is 7.65. The lowest BCUT2D eigenvalue weighted by Gasteiger charge is -2.14.